The topological polar surface area (TPSA) is 66.9 Å². The summed E-state index contributed by atoms with van der Waals surface area (Å²) in [5, 5.41) is 0.857. The van der Waals surface area contributed by atoms with Gasteiger partial charge in [0.15, 0.2) is 0 Å². The number of imide groups is 1. The Morgan fingerprint density at radius 1 is 0.974 bits per heavy atom. The highest BCUT2D eigenvalue weighted by atomic mass is 35.5. The number of halogens is 2. The molecule has 9 heteroatoms. The number of urea groups is 1. The van der Waals surface area contributed by atoms with Crippen LogP contribution in [0, 0.1) is 12.3 Å². The minimum Gasteiger partial charge on any atom is -0.410 e. The van der Waals surface area contributed by atoms with Gasteiger partial charge in [-0.3, -0.25) is 4.90 Å². The number of carbonyl (C=O) groups excluding carboxylic acids is 3. The predicted molar refractivity (Wildman–Crippen MR) is 151 cm³/mol. The molecule has 2 saturated heterocycles. The summed E-state index contributed by atoms with van der Waals surface area (Å²) in [6, 6.07) is 12.2. The molecular formula is C30H36Cl2N3O4+. The fraction of sp³-hybridized carbons (Fsp3) is 0.500. The summed E-state index contributed by atoms with van der Waals surface area (Å²) in [7, 11) is 1.70. The van der Waals surface area contributed by atoms with E-state index in [1.165, 1.54) is 0 Å². The highest BCUT2D eigenvalue weighted by Crippen LogP contribution is 2.49. The molecule has 0 aromatic heterocycles. The zero-order chi connectivity index (χ0) is 27.9. The van der Waals surface area contributed by atoms with E-state index in [9.17, 15) is 14.4 Å². The second-order valence-corrected chi connectivity index (χ2v) is 12.5. The number of quaternary nitrogens is 1. The smallest absolute Gasteiger partial charge is 0.410 e. The molecule has 4 amide bonds. The first kappa shape index (κ1) is 27.9. The van der Waals surface area contributed by atoms with Gasteiger partial charge in [-0.05, 0) is 75.8 Å². The molecule has 208 valence electrons. The van der Waals surface area contributed by atoms with Crippen LogP contribution in [0.2, 0.25) is 10.0 Å². The minimum atomic E-state index is -0.508. The van der Waals surface area contributed by atoms with Crippen molar-refractivity contribution < 1.29 is 23.6 Å². The first-order valence-corrected chi connectivity index (χ1v) is 14.5. The molecular weight excluding hydrogens is 537 g/mol. The van der Waals surface area contributed by atoms with Gasteiger partial charge >= 0.3 is 18.0 Å². The van der Waals surface area contributed by atoms with Gasteiger partial charge in [0.25, 0.3) is 0 Å². The third-order valence-electron chi connectivity index (χ3n) is 8.79. The molecule has 39 heavy (non-hydrogen) atoms. The third-order valence-corrected chi connectivity index (χ3v) is 9.53. The van der Waals surface area contributed by atoms with E-state index in [0.29, 0.717) is 42.0 Å². The Morgan fingerprint density at radius 3 is 2.26 bits per heavy atom. The quantitative estimate of drug-likeness (QED) is 0.385. The first-order chi connectivity index (χ1) is 18.5. The van der Waals surface area contributed by atoms with Crippen molar-refractivity contribution in [3.63, 3.8) is 0 Å². The molecule has 0 N–H and O–H groups in total. The molecule has 2 atom stereocenters. The van der Waals surface area contributed by atoms with Crippen LogP contribution in [0.25, 0.3) is 0 Å². The van der Waals surface area contributed by atoms with Crippen LogP contribution >= 0.6 is 23.2 Å². The monoisotopic (exact) mass is 572 g/mol. The maximum atomic E-state index is 14.3. The van der Waals surface area contributed by atoms with Gasteiger partial charge in [-0.1, -0.05) is 47.0 Å². The molecule has 0 bridgehead atoms. The van der Waals surface area contributed by atoms with Crippen molar-refractivity contribution in [2.45, 2.75) is 57.9 Å². The molecule has 2 aliphatic heterocycles. The van der Waals surface area contributed by atoms with E-state index in [0.717, 1.165) is 43.2 Å². The summed E-state index contributed by atoms with van der Waals surface area (Å²) in [5.41, 5.74) is 1.53. The summed E-state index contributed by atoms with van der Waals surface area (Å²) in [5.74, 6) is 0.278. The van der Waals surface area contributed by atoms with Gasteiger partial charge in [-0.15, -0.1) is 0 Å². The largest absolute Gasteiger partial charge is 0.426 e. The number of hydrogen-bond acceptors (Lipinski definition) is 4. The second kappa shape index (κ2) is 10.8. The summed E-state index contributed by atoms with van der Waals surface area (Å²) in [4.78, 5) is 44.7. The Labute approximate surface area is 240 Å². The molecule has 2 heterocycles. The van der Waals surface area contributed by atoms with Crippen LogP contribution < -0.4 is 4.74 Å². The van der Waals surface area contributed by atoms with E-state index >= 15 is 0 Å². The lowest BCUT2D eigenvalue weighted by molar-refractivity contribution is -0.786. The number of ether oxygens (including phenoxy) is 1. The van der Waals surface area contributed by atoms with Gasteiger partial charge in [0.1, 0.15) is 5.75 Å². The maximum absolute atomic E-state index is 14.3. The zero-order valence-electron chi connectivity index (χ0n) is 22.8. The summed E-state index contributed by atoms with van der Waals surface area (Å²) in [6.07, 6.45) is 3.89. The van der Waals surface area contributed by atoms with E-state index in [4.69, 9.17) is 27.9 Å². The predicted octanol–water partition coefficient (Wildman–Crippen LogP) is 6.65. The number of hydrogen-bond donors (Lipinski definition) is 0. The number of benzene rings is 2. The van der Waals surface area contributed by atoms with Gasteiger partial charge < -0.3 is 9.64 Å². The highest BCUT2D eigenvalue weighted by molar-refractivity contribution is 6.42. The lowest BCUT2D eigenvalue weighted by Gasteiger charge is -2.40. The standard InChI is InChI=1S/C30H36Cl2N3O4/c1-20-7-10-22(11-8-20)39-29(38)33(3)26-19-34(18-23(26)21-9-12-24(31)25(32)17-21)28(37)35(15-5-4-6-16-35)27(36)30(2)13-14-30/h7-12,17,23,26H,4-6,13-16,18-19H2,1-3H3/q+1/t23-,26+/m1/s1. The molecule has 3 fully saturated rings. The normalized spacial score (nSPS) is 23.3. The third kappa shape index (κ3) is 5.41. The average molecular weight is 574 g/mol. The van der Waals surface area contributed by atoms with Crippen molar-refractivity contribution in [2.24, 2.45) is 5.41 Å². The molecule has 3 aliphatic rings. The molecule has 2 aromatic carbocycles. The van der Waals surface area contributed by atoms with Crippen molar-refractivity contribution in [1.29, 1.82) is 0 Å². The number of likely N-dealkylation sites (N-methyl/N-ethyl adjacent to an activating group) is 1. The molecule has 0 radical (unpaired) electrons. The van der Waals surface area contributed by atoms with E-state index in [2.05, 4.69) is 0 Å². The number of aryl methyl sites for hydroxylation is 1. The number of amides is 4. The van der Waals surface area contributed by atoms with Crippen LogP contribution in [0.3, 0.4) is 0 Å². The maximum Gasteiger partial charge on any atom is 0.426 e. The second-order valence-electron chi connectivity index (χ2n) is 11.7. The Morgan fingerprint density at radius 2 is 1.64 bits per heavy atom. The lowest BCUT2D eigenvalue weighted by Crippen LogP contribution is -2.65. The van der Waals surface area contributed by atoms with Crippen LogP contribution in [0.1, 0.15) is 56.1 Å². The first-order valence-electron chi connectivity index (χ1n) is 13.7. The van der Waals surface area contributed by atoms with Gasteiger partial charge in [-0.25, -0.2) is 14.4 Å². The van der Waals surface area contributed by atoms with E-state index in [1.807, 2.05) is 32.0 Å². The molecule has 7 nitrogen and oxygen atoms in total. The summed E-state index contributed by atoms with van der Waals surface area (Å²) < 4.78 is 5.56. The van der Waals surface area contributed by atoms with Crippen LogP contribution in [-0.4, -0.2) is 71.6 Å². The molecule has 0 unspecified atom stereocenters. The van der Waals surface area contributed by atoms with Crippen LogP contribution in [0.15, 0.2) is 42.5 Å². The number of carbonyl (C=O) groups is 3. The molecule has 1 saturated carbocycles. The van der Waals surface area contributed by atoms with Crippen molar-refractivity contribution in [1.82, 2.24) is 9.80 Å². The van der Waals surface area contributed by atoms with Crippen molar-refractivity contribution in [3.05, 3.63) is 63.6 Å². The highest BCUT2D eigenvalue weighted by Gasteiger charge is 2.61. The Kier molecular flexibility index (Phi) is 7.70. The number of likely N-dealkylation sites (tertiary alicyclic amines) is 2. The summed E-state index contributed by atoms with van der Waals surface area (Å²) >= 11 is 12.6. The summed E-state index contributed by atoms with van der Waals surface area (Å²) in [6.45, 7) is 5.70. The van der Waals surface area contributed by atoms with Crippen LogP contribution in [-0.2, 0) is 4.79 Å². The van der Waals surface area contributed by atoms with Crippen molar-refractivity contribution in [2.75, 3.05) is 33.2 Å². The Hall–Kier alpha value is -2.61. The number of nitrogens with zero attached hydrogens (tertiary/aromatic N) is 3. The molecule has 5 rings (SSSR count). The van der Waals surface area contributed by atoms with E-state index < -0.39 is 11.5 Å². The number of piperidine rings is 1. The van der Waals surface area contributed by atoms with E-state index in [-0.39, 0.29) is 28.4 Å². The molecule has 2 aromatic rings. The average Bonchev–Trinajstić information content (AvgIpc) is 3.53. The van der Waals surface area contributed by atoms with Crippen molar-refractivity contribution >= 4 is 41.2 Å². The molecule has 1 aliphatic carbocycles. The van der Waals surface area contributed by atoms with Crippen LogP contribution in [0.4, 0.5) is 9.59 Å². The fourth-order valence-electron chi connectivity index (χ4n) is 6.04. The van der Waals surface area contributed by atoms with Crippen molar-refractivity contribution in [3.8, 4) is 5.75 Å². The molecule has 0 spiro atoms. The van der Waals surface area contributed by atoms with Gasteiger partial charge in [0.05, 0.1) is 34.6 Å². The minimum absolute atomic E-state index is 0.0499. The Bertz CT molecular complexity index is 1270. The fourth-order valence-corrected chi connectivity index (χ4v) is 6.35. The van der Waals surface area contributed by atoms with E-state index in [1.54, 1.807) is 41.1 Å². The van der Waals surface area contributed by atoms with Gasteiger partial charge in [0, 0.05) is 26.1 Å². The lowest BCUT2D eigenvalue weighted by atomic mass is 9.93. The van der Waals surface area contributed by atoms with Gasteiger partial charge in [-0.2, -0.15) is 4.48 Å². The Balaban J connectivity index is 1.44. The zero-order valence-corrected chi connectivity index (χ0v) is 24.3. The van der Waals surface area contributed by atoms with Gasteiger partial charge in [0.2, 0.25) is 0 Å². The SMILES string of the molecule is Cc1ccc(OC(=O)N(C)[C@H]2CN(C(=O)[N+]3(C(=O)C4(C)CC4)CCCCC3)C[C@@H]2c2ccc(Cl)c(Cl)c2)cc1. The number of rotatable bonds is 4. The van der Waals surface area contributed by atoms with Crippen LogP contribution in [0.5, 0.6) is 5.75 Å².